The highest BCUT2D eigenvalue weighted by atomic mass is 16.5. The predicted octanol–water partition coefficient (Wildman–Crippen LogP) is 3.48. The van der Waals surface area contributed by atoms with Crippen molar-refractivity contribution in [3.05, 3.63) is 23.3 Å². The summed E-state index contributed by atoms with van der Waals surface area (Å²) in [5.74, 6) is 0.740. The van der Waals surface area contributed by atoms with Crippen LogP contribution in [0.15, 0.2) is 12.1 Å². The van der Waals surface area contributed by atoms with Crippen LogP contribution in [0.1, 0.15) is 56.0 Å². The molecule has 18 heavy (non-hydrogen) atoms. The molecule has 98 valence electrons. The summed E-state index contributed by atoms with van der Waals surface area (Å²) < 4.78 is 5.82. The van der Waals surface area contributed by atoms with Crippen LogP contribution in [-0.4, -0.2) is 16.5 Å². The van der Waals surface area contributed by atoms with E-state index in [1.807, 2.05) is 20.8 Å². The number of ether oxygens (including phenoxy) is 1. The highest BCUT2D eigenvalue weighted by Gasteiger charge is 2.28. The average Bonchev–Trinajstić information content (AvgIpc) is 2.27. The normalized spacial score (nSPS) is 16.8. The monoisotopic (exact) mass is 248 g/mol. The standard InChI is InChI=1S/C15H20O3/c1-4-5-12(16)11-8-10-6-7-15(2,3)18-14(10)9-13(11)17/h8-9,17H,4-7H2,1-3H3. The minimum absolute atomic E-state index is 0.00244. The quantitative estimate of drug-likeness (QED) is 0.833. The smallest absolute Gasteiger partial charge is 0.166 e. The fourth-order valence-electron chi connectivity index (χ4n) is 2.27. The Morgan fingerprint density at radius 3 is 2.83 bits per heavy atom. The van der Waals surface area contributed by atoms with Crippen molar-refractivity contribution in [2.24, 2.45) is 0 Å². The van der Waals surface area contributed by atoms with Crippen molar-refractivity contribution in [2.45, 2.75) is 52.1 Å². The van der Waals surface area contributed by atoms with Crippen LogP contribution in [0.3, 0.4) is 0 Å². The summed E-state index contributed by atoms with van der Waals surface area (Å²) in [6.07, 6.45) is 3.07. The Kier molecular flexibility index (Phi) is 3.33. The number of phenols is 1. The molecule has 3 nitrogen and oxygen atoms in total. The van der Waals surface area contributed by atoms with Crippen molar-refractivity contribution in [2.75, 3.05) is 0 Å². The molecule has 1 aromatic carbocycles. The highest BCUT2D eigenvalue weighted by Crippen LogP contribution is 2.37. The van der Waals surface area contributed by atoms with E-state index in [0.717, 1.165) is 24.8 Å². The van der Waals surface area contributed by atoms with Crippen molar-refractivity contribution in [3.8, 4) is 11.5 Å². The second-order valence-corrected chi connectivity index (χ2v) is 5.51. The number of rotatable bonds is 3. The van der Waals surface area contributed by atoms with Crippen LogP contribution in [0.25, 0.3) is 0 Å². The second-order valence-electron chi connectivity index (χ2n) is 5.51. The van der Waals surface area contributed by atoms with Gasteiger partial charge >= 0.3 is 0 Å². The van der Waals surface area contributed by atoms with Crippen molar-refractivity contribution in [3.63, 3.8) is 0 Å². The van der Waals surface area contributed by atoms with E-state index in [2.05, 4.69) is 0 Å². The third kappa shape index (κ3) is 2.50. The van der Waals surface area contributed by atoms with Gasteiger partial charge in [0.15, 0.2) is 5.78 Å². The van der Waals surface area contributed by atoms with Gasteiger partial charge in [-0.3, -0.25) is 4.79 Å². The lowest BCUT2D eigenvalue weighted by atomic mass is 9.92. The number of carbonyl (C=O) groups excluding carboxylic acids is 1. The summed E-state index contributed by atoms with van der Waals surface area (Å²) in [7, 11) is 0. The van der Waals surface area contributed by atoms with Crippen LogP contribution >= 0.6 is 0 Å². The lowest BCUT2D eigenvalue weighted by molar-refractivity contribution is 0.0842. The zero-order valence-electron chi connectivity index (χ0n) is 11.2. The number of ketones is 1. The van der Waals surface area contributed by atoms with E-state index in [4.69, 9.17) is 4.74 Å². The predicted molar refractivity (Wildman–Crippen MR) is 70.4 cm³/mol. The number of hydrogen-bond acceptors (Lipinski definition) is 3. The Morgan fingerprint density at radius 1 is 1.44 bits per heavy atom. The first-order chi connectivity index (χ1) is 8.43. The molecule has 1 heterocycles. The van der Waals surface area contributed by atoms with Gasteiger partial charge < -0.3 is 9.84 Å². The van der Waals surface area contributed by atoms with E-state index >= 15 is 0 Å². The number of carbonyl (C=O) groups is 1. The SMILES string of the molecule is CCCC(=O)c1cc2c(cc1O)OC(C)(C)CC2. The second kappa shape index (κ2) is 4.63. The Bertz CT molecular complexity index is 475. The first kappa shape index (κ1) is 12.9. The molecule has 3 heteroatoms. The molecule has 2 rings (SSSR count). The molecule has 1 aliphatic rings. The van der Waals surface area contributed by atoms with Crippen LogP contribution in [0.5, 0.6) is 11.5 Å². The molecule has 0 radical (unpaired) electrons. The van der Waals surface area contributed by atoms with Gasteiger partial charge in [0.2, 0.25) is 0 Å². The maximum Gasteiger partial charge on any atom is 0.166 e. The summed E-state index contributed by atoms with van der Waals surface area (Å²) in [5, 5.41) is 9.93. The molecule has 0 aromatic heterocycles. The topological polar surface area (TPSA) is 46.5 Å². The summed E-state index contributed by atoms with van der Waals surface area (Å²) in [6, 6.07) is 3.37. The van der Waals surface area contributed by atoms with Gasteiger partial charge in [-0.1, -0.05) is 6.92 Å². The Labute approximate surface area is 108 Å². The van der Waals surface area contributed by atoms with Crippen LogP contribution in [0.2, 0.25) is 0 Å². The molecule has 0 saturated carbocycles. The highest BCUT2D eigenvalue weighted by molar-refractivity contribution is 5.99. The largest absolute Gasteiger partial charge is 0.507 e. The lowest BCUT2D eigenvalue weighted by Gasteiger charge is -2.32. The van der Waals surface area contributed by atoms with E-state index in [9.17, 15) is 9.90 Å². The molecule has 1 aromatic rings. The maximum absolute atomic E-state index is 11.9. The Balaban J connectivity index is 2.35. The minimum Gasteiger partial charge on any atom is -0.507 e. The number of hydrogen-bond donors (Lipinski definition) is 1. The van der Waals surface area contributed by atoms with Crippen molar-refractivity contribution >= 4 is 5.78 Å². The van der Waals surface area contributed by atoms with E-state index < -0.39 is 0 Å². The number of fused-ring (bicyclic) bond motifs is 1. The summed E-state index contributed by atoms with van der Waals surface area (Å²) in [4.78, 5) is 11.9. The number of aromatic hydroxyl groups is 1. The first-order valence-electron chi connectivity index (χ1n) is 6.51. The van der Waals surface area contributed by atoms with E-state index in [1.165, 1.54) is 0 Å². The molecule has 0 spiro atoms. The molecule has 0 fully saturated rings. The average molecular weight is 248 g/mol. The third-order valence-electron chi connectivity index (χ3n) is 3.34. The number of aryl methyl sites for hydroxylation is 1. The third-order valence-corrected chi connectivity index (χ3v) is 3.34. The molecule has 0 bridgehead atoms. The number of Topliss-reactive ketones (excluding diaryl/α,β-unsaturated/α-hetero) is 1. The summed E-state index contributed by atoms with van der Waals surface area (Å²) in [5.41, 5.74) is 1.25. The molecule has 0 aliphatic carbocycles. The summed E-state index contributed by atoms with van der Waals surface area (Å²) in [6.45, 7) is 6.02. The molecule has 1 aliphatic heterocycles. The van der Waals surface area contributed by atoms with Crippen LogP contribution in [0, 0.1) is 0 Å². The molecular weight excluding hydrogens is 228 g/mol. The van der Waals surface area contributed by atoms with Gasteiger partial charge in [0.25, 0.3) is 0 Å². The minimum atomic E-state index is -0.200. The van der Waals surface area contributed by atoms with E-state index in [-0.39, 0.29) is 17.1 Å². The summed E-state index contributed by atoms with van der Waals surface area (Å²) >= 11 is 0. The molecule has 0 amide bonds. The van der Waals surface area contributed by atoms with Gasteiger partial charge in [-0.05, 0) is 44.7 Å². The van der Waals surface area contributed by atoms with Crippen molar-refractivity contribution < 1.29 is 14.6 Å². The maximum atomic E-state index is 11.9. The number of phenolic OH excluding ortho intramolecular Hbond substituents is 1. The van der Waals surface area contributed by atoms with Crippen LogP contribution in [0.4, 0.5) is 0 Å². The van der Waals surface area contributed by atoms with Crippen LogP contribution in [-0.2, 0) is 6.42 Å². The molecule has 0 atom stereocenters. The molecule has 0 unspecified atom stereocenters. The zero-order chi connectivity index (χ0) is 13.3. The van der Waals surface area contributed by atoms with E-state index in [1.54, 1.807) is 12.1 Å². The zero-order valence-corrected chi connectivity index (χ0v) is 11.2. The Hall–Kier alpha value is -1.51. The van der Waals surface area contributed by atoms with E-state index in [0.29, 0.717) is 17.7 Å². The van der Waals surface area contributed by atoms with Gasteiger partial charge in [-0.15, -0.1) is 0 Å². The van der Waals surface area contributed by atoms with Crippen LogP contribution < -0.4 is 4.74 Å². The molecule has 0 saturated heterocycles. The van der Waals surface area contributed by atoms with Gasteiger partial charge in [0.05, 0.1) is 5.56 Å². The fraction of sp³-hybridized carbons (Fsp3) is 0.533. The molecular formula is C15H20O3. The van der Waals surface area contributed by atoms with Gasteiger partial charge in [-0.25, -0.2) is 0 Å². The van der Waals surface area contributed by atoms with Gasteiger partial charge in [0.1, 0.15) is 17.1 Å². The van der Waals surface area contributed by atoms with Crippen molar-refractivity contribution in [1.82, 2.24) is 0 Å². The molecule has 1 N–H and O–H groups in total. The lowest BCUT2D eigenvalue weighted by Crippen LogP contribution is -2.32. The number of benzene rings is 1. The van der Waals surface area contributed by atoms with Gasteiger partial charge in [0, 0.05) is 12.5 Å². The Morgan fingerprint density at radius 2 is 2.17 bits per heavy atom. The van der Waals surface area contributed by atoms with Crippen molar-refractivity contribution in [1.29, 1.82) is 0 Å². The fourth-order valence-corrected chi connectivity index (χ4v) is 2.27. The van der Waals surface area contributed by atoms with Gasteiger partial charge in [-0.2, -0.15) is 0 Å². The first-order valence-corrected chi connectivity index (χ1v) is 6.51.